The molecule has 0 amide bonds. The van der Waals surface area contributed by atoms with Crippen molar-refractivity contribution in [1.29, 1.82) is 5.41 Å². The van der Waals surface area contributed by atoms with Gasteiger partial charge in [0.25, 0.3) is 0 Å². The van der Waals surface area contributed by atoms with E-state index in [1.54, 1.807) is 25.3 Å². The first-order valence-electron chi connectivity index (χ1n) is 9.57. The molecule has 0 aliphatic rings. The van der Waals surface area contributed by atoms with E-state index in [4.69, 9.17) is 15.3 Å². The molecule has 0 bridgehead atoms. The molecule has 0 saturated heterocycles. The molecule has 0 spiro atoms. The lowest BCUT2D eigenvalue weighted by Gasteiger charge is -2.24. The first-order chi connectivity index (χ1) is 14.7. The highest BCUT2D eigenvalue weighted by molar-refractivity contribution is 7.89. The average Bonchev–Trinajstić information content (AvgIpc) is 2.77. The van der Waals surface area contributed by atoms with Gasteiger partial charge in [-0.3, -0.25) is 0 Å². The Morgan fingerprint density at radius 1 is 0.935 bits per heavy atom. The lowest BCUT2D eigenvalue weighted by atomic mass is 10.0. The van der Waals surface area contributed by atoms with Gasteiger partial charge in [-0.15, -0.1) is 0 Å². The summed E-state index contributed by atoms with van der Waals surface area (Å²) in [5, 5.41) is 13.8. The van der Waals surface area contributed by atoms with Crippen molar-refractivity contribution in [3.63, 3.8) is 0 Å². The Balaban J connectivity index is 2.02. The summed E-state index contributed by atoms with van der Waals surface area (Å²) in [6.45, 7) is 2.02. The molecule has 0 radical (unpaired) electrons. The van der Waals surface area contributed by atoms with Gasteiger partial charge in [-0.2, -0.15) is 0 Å². The highest BCUT2D eigenvalue weighted by Crippen LogP contribution is 2.27. The summed E-state index contributed by atoms with van der Waals surface area (Å²) < 4.78 is 28.3. The molecule has 3 aromatic rings. The molecule has 0 unspecified atom stereocenters. The molecular weight excluding hydrogens is 410 g/mol. The van der Waals surface area contributed by atoms with Crippen LogP contribution in [0.15, 0.2) is 83.8 Å². The molecule has 160 valence electrons. The maximum Gasteiger partial charge on any atom is 0.238 e. The van der Waals surface area contributed by atoms with Crippen molar-refractivity contribution in [1.82, 2.24) is 0 Å². The lowest BCUT2D eigenvalue weighted by molar-refractivity contribution is 0.415. The normalized spacial score (nSPS) is 11.8. The summed E-state index contributed by atoms with van der Waals surface area (Å²) >= 11 is 0. The molecular formula is C24H25N3O3S. The predicted molar refractivity (Wildman–Crippen MR) is 125 cm³/mol. The van der Waals surface area contributed by atoms with Gasteiger partial charge in [0.15, 0.2) is 0 Å². The third kappa shape index (κ3) is 5.39. The van der Waals surface area contributed by atoms with Crippen molar-refractivity contribution >= 4 is 27.1 Å². The van der Waals surface area contributed by atoms with Gasteiger partial charge in [0.2, 0.25) is 10.0 Å². The van der Waals surface area contributed by atoms with Gasteiger partial charge < -0.3 is 15.0 Å². The number of nitrogens with zero attached hydrogens (tertiary/aromatic N) is 1. The molecule has 0 aliphatic carbocycles. The fourth-order valence-electron chi connectivity index (χ4n) is 3.09. The number of hydrogen-bond donors (Lipinski definition) is 2. The second kappa shape index (κ2) is 9.16. The minimum absolute atomic E-state index is 0.0523. The van der Waals surface area contributed by atoms with Crippen LogP contribution in [0.25, 0.3) is 5.70 Å². The summed E-state index contributed by atoms with van der Waals surface area (Å²) in [6.07, 6.45) is 1.79. The first-order valence-corrected chi connectivity index (χ1v) is 11.1. The third-order valence-corrected chi connectivity index (χ3v) is 5.87. The summed E-state index contributed by atoms with van der Waals surface area (Å²) in [7, 11) is -0.284. The van der Waals surface area contributed by atoms with Gasteiger partial charge >= 0.3 is 0 Å². The van der Waals surface area contributed by atoms with Gasteiger partial charge in [-0.05, 0) is 72.7 Å². The van der Waals surface area contributed by atoms with E-state index < -0.39 is 10.0 Å². The molecule has 7 heteroatoms. The van der Waals surface area contributed by atoms with Crippen LogP contribution < -0.4 is 14.8 Å². The number of allylic oxidation sites excluding steroid dienone is 1. The Labute approximate surface area is 183 Å². The molecule has 0 aromatic heterocycles. The molecule has 0 saturated carbocycles. The van der Waals surface area contributed by atoms with Gasteiger partial charge in [-0.1, -0.05) is 29.8 Å². The topological polar surface area (TPSA) is 96.5 Å². The maximum absolute atomic E-state index is 11.6. The van der Waals surface area contributed by atoms with Crippen LogP contribution in [0.2, 0.25) is 0 Å². The van der Waals surface area contributed by atoms with Gasteiger partial charge in [0.1, 0.15) is 5.75 Å². The van der Waals surface area contributed by atoms with Gasteiger partial charge in [0.05, 0.1) is 23.4 Å². The number of nitrogens with two attached hydrogens (primary N) is 1. The summed E-state index contributed by atoms with van der Waals surface area (Å²) in [5.41, 5.74) is 4.72. The van der Waals surface area contributed by atoms with E-state index in [1.807, 2.05) is 67.4 Å². The molecule has 31 heavy (non-hydrogen) atoms. The van der Waals surface area contributed by atoms with E-state index in [9.17, 15) is 8.42 Å². The van der Waals surface area contributed by atoms with E-state index in [1.165, 1.54) is 12.1 Å². The number of methoxy groups -OCH3 is 1. The zero-order chi connectivity index (χ0) is 22.6. The summed E-state index contributed by atoms with van der Waals surface area (Å²) in [5.74, 6) is 0.728. The maximum atomic E-state index is 11.6. The SMILES string of the molecule is COc1ccc(C(=N)/C=C(/c2ccc(C)cc2)N(C)c2ccc(S(N)(=O)=O)cc2)cc1. The van der Waals surface area contributed by atoms with E-state index in [0.717, 1.165) is 33.8 Å². The zero-order valence-electron chi connectivity index (χ0n) is 17.7. The standard InChI is InChI=1S/C24H25N3O3S/c1-17-4-6-19(7-5-17)24(16-23(25)18-8-12-21(30-3)13-9-18)27(2)20-10-14-22(15-11-20)31(26,28)29/h4-16,25H,1-3H3,(H2,26,28,29)/b24-16-,25-23?. The smallest absolute Gasteiger partial charge is 0.238 e. The third-order valence-electron chi connectivity index (χ3n) is 4.94. The van der Waals surface area contributed by atoms with E-state index in [2.05, 4.69) is 0 Å². The van der Waals surface area contributed by atoms with Gasteiger partial charge in [0, 0.05) is 12.7 Å². The van der Waals surface area contributed by atoms with Crippen molar-refractivity contribution in [2.45, 2.75) is 11.8 Å². The van der Waals surface area contributed by atoms with E-state index in [0.29, 0.717) is 5.71 Å². The second-order valence-electron chi connectivity index (χ2n) is 7.14. The fraction of sp³-hybridized carbons (Fsp3) is 0.125. The largest absolute Gasteiger partial charge is 0.497 e. The fourth-order valence-corrected chi connectivity index (χ4v) is 3.60. The number of anilines is 1. The monoisotopic (exact) mass is 435 g/mol. The van der Waals surface area contributed by atoms with Crippen LogP contribution in [0.5, 0.6) is 5.75 Å². The highest BCUT2D eigenvalue weighted by atomic mass is 32.2. The van der Waals surface area contributed by atoms with Crippen molar-refractivity contribution in [3.8, 4) is 5.75 Å². The van der Waals surface area contributed by atoms with Crippen LogP contribution in [0.1, 0.15) is 16.7 Å². The van der Waals surface area contributed by atoms with Crippen LogP contribution in [0.4, 0.5) is 5.69 Å². The molecule has 0 atom stereocenters. The molecule has 3 N–H and O–H groups in total. The number of ether oxygens (including phenoxy) is 1. The molecule has 6 nitrogen and oxygen atoms in total. The molecule has 0 heterocycles. The Morgan fingerprint density at radius 2 is 1.48 bits per heavy atom. The summed E-state index contributed by atoms with van der Waals surface area (Å²) in [4.78, 5) is 1.96. The Kier molecular flexibility index (Phi) is 6.58. The molecule has 0 aliphatic heterocycles. The Hall–Kier alpha value is -3.42. The van der Waals surface area contributed by atoms with Gasteiger partial charge in [-0.25, -0.2) is 13.6 Å². The van der Waals surface area contributed by atoms with Crippen LogP contribution in [-0.4, -0.2) is 28.3 Å². The van der Waals surface area contributed by atoms with E-state index >= 15 is 0 Å². The van der Waals surface area contributed by atoms with Crippen LogP contribution in [0.3, 0.4) is 0 Å². The van der Waals surface area contributed by atoms with Crippen molar-refractivity contribution < 1.29 is 13.2 Å². The number of sulfonamides is 1. The number of nitrogens with one attached hydrogen (secondary N) is 1. The molecule has 3 aromatic carbocycles. The van der Waals surface area contributed by atoms with Crippen LogP contribution >= 0.6 is 0 Å². The lowest BCUT2D eigenvalue weighted by Crippen LogP contribution is -2.17. The second-order valence-corrected chi connectivity index (χ2v) is 8.70. The predicted octanol–water partition coefficient (Wildman–Crippen LogP) is 4.20. The van der Waals surface area contributed by atoms with Crippen molar-refractivity contribution in [2.75, 3.05) is 19.1 Å². The van der Waals surface area contributed by atoms with E-state index in [-0.39, 0.29) is 4.90 Å². The number of hydrogen-bond acceptors (Lipinski definition) is 5. The Morgan fingerprint density at radius 3 is 2.00 bits per heavy atom. The van der Waals surface area contributed by atoms with Crippen molar-refractivity contribution in [3.05, 3.63) is 95.6 Å². The molecule has 0 fully saturated rings. The van der Waals surface area contributed by atoms with Crippen LogP contribution in [-0.2, 0) is 10.0 Å². The number of rotatable bonds is 7. The minimum Gasteiger partial charge on any atom is -0.497 e. The first kappa shape index (κ1) is 22.3. The highest BCUT2D eigenvalue weighted by Gasteiger charge is 2.14. The number of aryl methyl sites for hydroxylation is 1. The average molecular weight is 436 g/mol. The zero-order valence-corrected chi connectivity index (χ0v) is 18.5. The number of primary sulfonamides is 1. The minimum atomic E-state index is -3.76. The number of benzene rings is 3. The van der Waals surface area contributed by atoms with Crippen LogP contribution in [0, 0.1) is 12.3 Å². The quantitative estimate of drug-likeness (QED) is 0.544. The molecule has 3 rings (SSSR count). The van der Waals surface area contributed by atoms with Crippen molar-refractivity contribution in [2.24, 2.45) is 5.14 Å². The summed E-state index contributed by atoms with van der Waals surface area (Å²) in [6, 6.07) is 21.7. The Bertz CT molecular complexity index is 1200.